The Morgan fingerprint density at radius 3 is 2.38 bits per heavy atom. The lowest BCUT2D eigenvalue weighted by molar-refractivity contribution is 0.343. The first kappa shape index (κ1) is 13.9. The molecular formula is C10H23N3O2S. The molecule has 1 saturated heterocycles. The monoisotopic (exact) mass is 249 g/mol. The fourth-order valence-corrected chi connectivity index (χ4v) is 3.38. The molecule has 0 aromatic carbocycles. The molecular weight excluding hydrogens is 226 g/mol. The highest BCUT2D eigenvalue weighted by Gasteiger charge is 2.25. The summed E-state index contributed by atoms with van der Waals surface area (Å²) < 4.78 is 28.8. The van der Waals surface area contributed by atoms with E-state index in [4.69, 9.17) is 0 Å². The summed E-state index contributed by atoms with van der Waals surface area (Å²) in [4.78, 5) is 0. The molecule has 0 spiro atoms. The van der Waals surface area contributed by atoms with Crippen LogP contribution in [0.1, 0.15) is 34.1 Å². The van der Waals surface area contributed by atoms with Crippen molar-refractivity contribution < 1.29 is 8.42 Å². The van der Waals surface area contributed by atoms with Gasteiger partial charge in [-0.15, -0.1) is 0 Å². The smallest absolute Gasteiger partial charge is 0.277 e. The lowest BCUT2D eigenvalue weighted by Crippen LogP contribution is -2.54. The van der Waals surface area contributed by atoms with Crippen LogP contribution in [-0.4, -0.2) is 33.1 Å². The van der Waals surface area contributed by atoms with E-state index in [2.05, 4.69) is 21.7 Å². The molecule has 2 unspecified atom stereocenters. The number of hydrogen-bond donors (Lipinski definition) is 3. The molecule has 1 fully saturated rings. The van der Waals surface area contributed by atoms with Crippen molar-refractivity contribution >= 4 is 10.2 Å². The normalized spacial score (nSPS) is 28.0. The van der Waals surface area contributed by atoms with Crippen LogP contribution in [0.15, 0.2) is 0 Å². The van der Waals surface area contributed by atoms with Crippen LogP contribution in [0, 0.1) is 5.92 Å². The Balaban J connectivity index is 2.52. The van der Waals surface area contributed by atoms with Gasteiger partial charge in [0, 0.05) is 18.1 Å². The SMILES string of the molecule is CC1CNCC(NS(=O)(=O)NC(C)(C)C)C1. The first-order chi connectivity index (χ1) is 7.18. The van der Waals surface area contributed by atoms with Crippen LogP contribution in [-0.2, 0) is 10.2 Å². The third kappa shape index (κ3) is 5.25. The van der Waals surface area contributed by atoms with E-state index < -0.39 is 15.7 Å². The quantitative estimate of drug-likeness (QED) is 0.669. The van der Waals surface area contributed by atoms with E-state index in [9.17, 15) is 8.42 Å². The van der Waals surface area contributed by atoms with E-state index in [1.807, 2.05) is 20.8 Å². The molecule has 3 N–H and O–H groups in total. The van der Waals surface area contributed by atoms with Gasteiger partial charge in [-0.2, -0.15) is 17.9 Å². The van der Waals surface area contributed by atoms with Gasteiger partial charge in [0.25, 0.3) is 10.2 Å². The van der Waals surface area contributed by atoms with E-state index >= 15 is 0 Å². The van der Waals surface area contributed by atoms with Gasteiger partial charge in [0.05, 0.1) is 0 Å². The molecule has 6 heteroatoms. The van der Waals surface area contributed by atoms with Crippen molar-refractivity contribution in [2.24, 2.45) is 5.92 Å². The van der Waals surface area contributed by atoms with Gasteiger partial charge in [-0.05, 0) is 39.7 Å². The second-order valence-corrected chi connectivity index (χ2v) is 7.12. The van der Waals surface area contributed by atoms with Gasteiger partial charge in [0.2, 0.25) is 0 Å². The van der Waals surface area contributed by atoms with E-state index in [1.165, 1.54) is 0 Å². The molecule has 2 atom stereocenters. The van der Waals surface area contributed by atoms with Gasteiger partial charge in [-0.25, -0.2) is 0 Å². The van der Waals surface area contributed by atoms with Crippen molar-refractivity contribution in [1.29, 1.82) is 0 Å². The van der Waals surface area contributed by atoms with Crippen LogP contribution >= 0.6 is 0 Å². The van der Waals surface area contributed by atoms with Crippen LogP contribution in [0.3, 0.4) is 0 Å². The van der Waals surface area contributed by atoms with Crippen LogP contribution in [0.5, 0.6) is 0 Å². The molecule has 0 aromatic heterocycles. The zero-order valence-electron chi connectivity index (χ0n) is 10.5. The molecule has 0 bridgehead atoms. The number of piperidine rings is 1. The van der Waals surface area contributed by atoms with Crippen molar-refractivity contribution in [3.8, 4) is 0 Å². The minimum absolute atomic E-state index is 0.0106. The maximum absolute atomic E-state index is 11.8. The van der Waals surface area contributed by atoms with E-state index in [-0.39, 0.29) is 6.04 Å². The van der Waals surface area contributed by atoms with Gasteiger partial charge in [-0.3, -0.25) is 0 Å². The van der Waals surface area contributed by atoms with Crippen molar-refractivity contribution in [3.63, 3.8) is 0 Å². The maximum atomic E-state index is 11.8. The summed E-state index contributed by atoms with van der Waals surface area (Å²) in [5.74, 6) is 0.510. The lowest BCUT2D eigenvalue weighted by atomic mass is 9.99. The Morgan fingerprint density at radius 2 is 1.88 bits per heavy atom. The molecule has 0 amide bonds. The average molecular weight is 249 g/mol. The fourth-order valence-electron chi connectivity index (χ4n) is 1.90. The summed E-state index contributed by atoms with van der Waals surface area (Å²) in [5, 5.41) is 3.22. The summed E-state index contributed by atoms with van der Waals surface area (Å²) in [7, 11) is -3.40. The van der Waals surface area contributed by atoms with Gasteiger partial charge in [-0.1, -0.05) is 6.92 Å². The Bertz CT molecular complexity index is 321. The molecule has 16 heavy (non-hydrogen) atoms. The number of nitrogens with one attached hydrogen (secondary N) is 3. The number of rotatable bonds is 3. The Kier molecular flexibility index (Phi) is 4.34. The first-order valence-corrected chi connectivity index (χ1v) is 7.18. The molecule has 5 nitrogen and oxygen atoms in total. The molecule has 0 aromatic rings. The summed E-state index contributed by atoms with van der Waals surface area (Å²) in [6.07, 6.45) is 0.887. The van der Waals surface area contributed by atoms with Crippen molar-refractivity contribution in [2.45, 2.75) is 45.7 Å². The first-order valence-electron chi connectivity index (χ1n) is 5.70. The maximum Gasteiger partial charge on any atom is 0.277 e. The van der Waals surface area contributed by atoms with Crippen LogP contribution in [0.2, 0.25) is 0 Å². The highest BCUT2D eigenvalue weighted by Crippen LogP contribution is 2.10. The molecule has 0 radical (unpaired) electrons. The third-order valence-electron chi connectivity index (χ3n) is 2.33. The van der Waals surface area contributed by atoms with Crippen molar-refractivity contribution in [1.82, 2.24) is 14.8 Å². The second-order valence-electron chi connectivity index (χ2n) is 5.67. The standard InChI is InChI=1S/C10H23N3O2S/c1-8-5-9(7-11-6-8)12-16(14,15)13-10(2,3)4/h8-9,11-13H,5-7H2,1-4H3. The van der Waals surface area contributed by atoms with Crippen LogP contribution in [0.4, 0.5) is 0 Å². The molecule has 0 aliphatic carbocycles. The minimum atomic E-state index is -3.40. The summed E-state index contributed by atoms with van der Waals surface area (Å²) in [6, 6.07) is -0.0106. The van der Waals surface area contributed by atoms with Crippen molar-refractivity contribution in [3.05, 3.63) is 0 Å². The van der Waals surface area contributed by atoms with Gasteiger partial charge < -0.3 is 5.32 Å². The Hall–Kier alpha value is -0.170. The summed E-state index contributed by atoms with van der Waals surface area (Å²) in [6.45, 7) is 9.26. The number of hydrogen-bond acceptors (Lipinski definition) is 3. The van der Waals surface area contributed by atoms with Crippen molar-refractivity contribution in [2.75, 3.05) is 13.1 Å². The molecule has 96 valence electrons. The van der Waals surface area contributed by atoms with Gasteiger partial charge >= 0.3 is 0 Å². The van der Waals surface area contributed by atoms with E-state index in [0.717, 1.165) is 13.0 Å². The van der Waals surface area contributed by atoms with Crippen LogP contribution < -0.4 is 14.8 Å². The molecule has 1 aliphatic heterocycles. The fraction of sp³-hybridized carbons (Fsp3) is 1.00. The highest BCUT2D eigenvalue weighted by molar-refractivity contribution is 7.87. The third-order valence-corrected chi connectivity index (χ3v) is 3.86. The van der Waals surface area contributed by atoms with E-state index in [0.29, 0.717) is 12.5 Å². The Labute approximate surface area is 98.6 Å². The minimum Gasteiger partial charge on any atom is -0.315 e. The molecule has 1 heterocycles. The zero-order chi connectivity index (χ0) is 12.4. The Morgan fingerprint density at radius 1 is 1.25 bits per heavy atom. The largest absolute Gasteiger partial charge is 0.315 e. The molecule has 1 aliphatic rings. The summed E-state index contributed by atoms with van der Waals surface area (Å²) in [5.41, 5.74) is -0.445. The predicted octanol–water partition coefficient (Wildman–Crippen LogP) is 0.207. The van der Waals surface area contributed by atoms with Crippen LogP contribution in [0.25, 0.3) is 0 Å². The topological polar surface area (TPSA) is 70.2 Å². The van der Waals surface area contributed by atoms with Gasteiger partial charge in [0.15, 0.2) is 0 Å². The second kappa shape index (κ2) is 5.00. The predicted molar refractivity (Wildman–Crippen MR) is 65.4 cm³/mol. The lowest BCUT2D eigenvalue weighted by Gasteiger charge is -2.29. The van der Waals surface area contributed by atoms with E-state index in [1.54, 1.807) is 0 Å². The highest BCUT2D eigenvalue weighted by atomic mass is 32.2. The molecule has 0 saturated carbocycles. The zero-order valence-corrected chi connectivity index (χ0v) is 11.3. The average Bonchev–Trinajstić information content (AvgIpc) is 1.96. The summed E-state index contributed by atoms with van der Waals surface area (Å²) >= 11 is 0. The molecule has 1 rings (SSSR count). The van der Waals surface area contributed by atoms with Gasteiger partial charge in [0.1, 0.15) is 0 Å².